The zero-order valence-electron chi connectivity index (χ0n) is 17.2. The lowest BCUT2D eigenvalue weighted by Crippen LogP contribution is -2.56. The van der Waals surface area contributed by atoms with E-state index < -0.39 is 0 Å². The molecule has 4 aliphatic rings. The Kier molecular flexibility index (Phi) is 4.95. The van der Waals surface area contributed by atoms with E-state index in [-0.39, 0.29) is 22.9 Å². The molecular weight excluding hydrogens is 346 g/mol. The third kappa shape index (κ3) is 3.55. The number of amides is 1. The molecule has 2 N–H and O–H groups in total. The molecule has 1 aromatic carbocycles. The number of nitriles is 1. The average Bonchev–Trinajstić information content (AvgIpc) is 2.62. The summed E-state index contributed by atoms with van der Waals surface area (Å²) in [5.41, 5.74) is 3.58. The number of hydrogen-bond acceptors (Lipinski definition) is 3. The smallest absolute Gasteiger partial charge is 0.263 e. The molecule has 1 unspecified atom stereocenters. The molecule has 0 saturated heterocycles. The van der Waals surface area contributed by atoms with E-state index in [4.69, 9.17) is 0 Å². The molecule has 4 fully saturated rings. The second kappa shape index (κ2) is 7.28. The standard InChI is InChI=1S/C24H31N3O/c1-15-4-5-22(16(2)6-15)26-14-21(13-25)23(28)27-17(3)24-10-18-7-19(11-24)9-20(8-18)12-24/h4-6,14,17-20,26H,7-12H2,1-3H3,(H,27,28)/b21-14-. The lowest BCUT2D eigenvalue weighted by molar-refractivity contribution is -0.122. The van der Waals surface area contributed by atoms with E-state index in [1.165, 1.54) is 44.1 Å². The molecule has 5 rings (SSSR count). The zero-order chi connectivity index (χ0) is 19.9. The van der Waals surface area contributed by atoms with Crippen LogP contribution in [-0.4, -0.2) is 11.9 Å². The SMILES string of the molecule is Cc1ccc(N/C=C(/C#N)C(=O)NC(C)C23CC4CC(CC(C4)C2)C3)c(C)c1. The number of rotatable bonds is 5. The Morgan fingerprint density at radius 3 is 2.32 bits per heavy atom. The molecular formula is C24H31N3O. The normalized spacial score (nSPS) is 31.9. The van der Waals surface area contributed by atoms with Gasteiger partial charge in [0.1, 0.15) is 11.6 Å². The number of benzene rings is 1. The van der Waals surface area contributed by atoms with E-state index in [1.54, 1.807) is 6.20 Å². The highest BCUT2D eigenvalue weighted by atomic mass is 16.1. The van der Waals surface area contributed by atoms with Crippen molar-refractivity contribution in [3.05, 3.63) is 41.1 Å². The lowest BCUT2D eigenvalue weighted by atomic mass is 9.48. The van der Waals surface area contributed by atoms with Crippen LogP contribution >= 0.6 is 0 Å². The summed E-state index contributed by atoms with van der Waals surface area (Å²) in [7, 11) is 0. The van der Waals surface area contributed by atoms with Crippen LogP contribution in [0.3, 0.4) is 0 Å². The number of nitrogens with one attached hydrogen (secondary N) is 2. The van der Waals surface area contributed by atoms with E-state index >= 15 is 0 Å². The molecule has 28 heavy (non-hydrogen) atoms. The Balaban J connectivity index is 1.43. The molecule has 0 radical (unpaired) electrons. The van der Waals surface area contributed by atoms with Gasteiger partial charge in [-0.1, -0.05) is 17.7 Å². The topological polar surface area (TPSA) is 64.9 Å². The Morgan fingerprint density at radius 2 is 1.79 bits per heavy atom. The Bertz CT molecular complexity index is 813. The predicted molar refractivity (Wildman–Crippen MR) is 111 cm³/mol. The summed E-state index contributed by atoms with van der Waals surface area (Å²) in [5, 5.41) is 15.8. The van der Waals surface area contributed by atoms with Gasteiger partial charge in [0, 0.05) is 17.9 Å². The number of nitrogens with zero attached hydrogens (tertiary/aromatic N) is 1. The summed E-state index contributed by atoms with van der Waals surface area (Å²) < 4.78 is 0. The highest BCUT2D eigenvalue weighted by molar-refractivity contribution is 5.97. The van der Waals surface area contributed by atoms with Crippen LogP contribution in [0.1, 0.15) is 56.6 Å². The Hall–Kier alpha value is -2.28. The Labute approximate surface area is 168 Å². The first-order valence-corrected chi connectivity index (χ1v) is 10.6. The summed E-state index contributed by atoms with van der Waals surface area (Å²) >= 11 is 0. The van der Waals surface area contributed by atoms with Crippen LogP contribution in [0, 0.1) is 48.3 Å². The van der Waals surface area contributed by atoms with Gasteiger partial charge < -0.3 is 10.6 Å². The molecule has 148 valence electrons. The molecule has 4 nitrogen and oxygen atoms in total. The summed E-state index contributed by atoms with van der Waals surface area (Å²) in [6.07, 6.45) is 9.45. The van der Waals surface area contributed by atoms with E-state index in [2.05, 4.69) is 29.7 Å². The number of carbonyl (C=O) groups is 1. The summed E-state index contributed by atoms with van der Waals surface area (Å²) in [4.78, 5) is 12.8. The van der Waals surface area contributed by atoms with Crippen LogP contribution in [-0.2, 0) is 4.79 Å². The van der Waals surface area contributed by atoms with Gasteiger partial charge in [0.15, 0.2) is 0 Å². The van der Waals surface area contributed by atoms with E-state index in [0.717, 1.165) is 29.0 Å². The van der Waals surface area contributed by atoms with Crippen LogP contribution in [0.15, 0.2) is 30.0 Å². The van der Waals surface area contributed by atoms with Gasteiger partial charge in [0.25, 0.3) is 5.91 Å². The van der Waals surface area contributed by atoms with Crippen LogP contribution in [0.5, 0.6) is 0 Å². The summed E-state index contributed by atoms with van der Waals surface area (Å²) in [6.45, 7) is 6.22. The Morgan fingerprint density at radius 1 is 1.18 bits per heavy atom. The molecule has 1 amide bonds. The molecule has 0 heterocycles. The number of anilines is 1. The fourth-order valence-corrected chi connectivity index (χ4v) is 6.41. The van der Waals surface area contributed by atoms with Crippen molar-refractivity contribution in [2.75, 3.05) is 5.32 Å². The maximum absolute atomic E-state index is 12.8. The minimum atomic E-state index is -0.261. The van der Waals surface area contributed by atoms with E-state index in [1.807, 2.05) is 26.0 Å². The maximum atomic E-state index is 12.8. The van der Waals surface area contributed by atoms with Gasteiger partial charge in [0.2, 0.25) is 0 Å². The minimum absolute atomic E-state index is 0.117. The van der Waals surface area contributed by atoms with Crippen molar-refractivity contribution >= 4 is 11.6 Å². The minimum Gasteiger partial charge on any atom is -0.360 e. The fraction of sp³-hybridized carbons (Fsp3) is 0.583. The van der Waals surface area contributed by atoms with Crippen molar-refractivity contribution in [1.82, 2.24) is 5.32 Å². The van der Waals surface area contributed by atoms with Crippen LogP contribution in [0.25, 0.3) is 0 Å². The molecule has 4 saturated carbocycles. The third-order valence-corrected chi connectivity index (χ3v) is 7.47. The second-order valence-electron chi connectivity index (χ2n) is 9.61. The molecule has 1 atom stereocenters. The van der Waals surface area contributed by atoms with Crippen molar-refractivity contribution in [3.8, 4) is 6.07 Å². The van der Waals surface area contributed by atoms with Gasteiger partial charge in [0.05, 0.1) is 0 Å². The van der Waals surface area contributed by atoms with Crippen molar-refractivity contribution in [1.29, 1.82) is 5.26 Å². The van der Waals surface area contributed by atoms with E-state index in [0.29, 0.717) is 0 Å². The molecule has 1 aromatic rings. The zero-order valence-corrected chi connectivity index (χ0v) is 17.2. The van der Waals surface area contributed by atoms with Gasteiger partial charge in [-0.05, 0) is 94.1 Å². The molecule has 4 aliphatic carbocycles. The van der Waals surface area contributed by atoms with Crippen LogP contribution in [0.4, 0.5) is 5.69 Å². The lowest BCUT2D eigenvalue weighted by Gasteiger charge is -2.59. The van der Waals surface area contributed by atoms with Crippen LogP contribution in [0.2, 0.25) is 0 Å². The van der Waals surface area contributed by atoms with Gasteiger partial charge in [-0.2, -0.15) is 5.26 Å². The van der Waals surface area contributed by atoms with Crippen molar-refractivity contribution in [3.63, 3.8) is 0 Å². The summed E-state index contributed by atoms with van der Waals surface area (Å²) in [5.74, 6) is 2.29. The van der Waals surface area contributed by atoms with Gasteiger partial charge in [-0.15, -0.1) is 0 Å². The second-order valence-corrected chi connectivity index (χ2v) is 9.61. The highest BCUT2D eigenvalue weighted by Crippen LogP contribution is 2.61. The maximum Gasteiger partial charge on any atom is 0.263 e. The third-order valence-electron chi connectivity index (χ3n) is 7.47. The van der Waals surface area contributed by atoms with Gasteiger partial charge in [-0.25, -0.2) is 0 Å². The molecule has 0 aliphatic heterocycles. The van der Waals surface area contributed by atoms with E-state index in [9.17, 15) is 10.1 Å². The molecule has 0 spiro atoms. The fourth-order valence-electron chi connectivity index (χ4n) is 6.41. The number of carbonyl (C=O) groups excluding carboxylic acids is 1. The molecule has 4 bridgehead atoms. The monoisotopic (exact) mass is 377 g/mol. The first-order valence-electron chi connectivity index (χ1n) is 10.6. The number of aryl methyl sites for hydroxylation is 2. The van der Waals surface area contributed by atoms with Gasteiger partial charge in [-0.3, -0.25) is 4.79 Å². The highest BCUT2D eigenvalue weighted by Gasteiger charge is 2.53. The molecule has 0 aromatic heterocycles. The largest absolute Gasteiger partial charge is 0.360 e. The van der Waals surface area contributed by atoms with Crippen molar-refractivity contribution < 1.29 is 4.79 Å². The summed E-state index contributed by atoms with van der Waals surface area (Å²) in [6, 6.07) is 8.26. The number of hydrogen-bond donors (Lipinski definition) is 2. The van der Waals surface area contributed by atoms with Crippen LogP contribution < -0.4 is 10.6 Å². The first-order chi connectivity index (χ1) is 13.4. The quantitative estimate of drug-likeness (QED) is 0.570. The molecule has 4 heteroatoms. The van der Waals surface area contributed by atoms with Crippen molar-refractivity contribution in [2.45, 2.75) is 65.3 Å². The van der Waals surface area contributed by atoms with Gasteiger partial charge >= 0.3 is 0 Å². The first kappa shape index (κ1) is 19.1. The van der Waals surface area contributed by atoms with Crippen molar-refractivity contribution in [2.24, 2.45) is 23.2 Å². The average molecular weight is 378 g/mol. The predicted octanol–water partition coefficient (Wildman–Crippen LogP) is 4.84.